The zero-order valence-corrected chi connectivity index (χ0v) is 18.4. The largest absolute Gasteiger partial charge is 0.342 e. The third-order valence-corrected chi connectivity index (χ3v) is 6.52. The summed E-state index contributed by atoms with van der Waals surface area (Å²) in [4.78, 5) is 33.7. The Morgan fingerprint density at radius 2 is 1.76 bits per heavy atom. The van der Waals surface area contributed by atoms with Crippen LogP contribution in [0.2, 0.25) is 0 Å². The second-order valence-corrected chi connectivity index (χ2v) is 8.80. The zero-order valence-electron chi connectivity index (χ0n) is 18.4. The average Bonchev–Trinajstić information content (AvgIpc) is 3.47. The normalized spacial score (nSPS) is 19.3. The summed E-state index contributed by atoms with van der Waals surface area (Å²) in [6.07, 6.45) is 1.69. The van der Waals surface area contributed by atoms with E-state index in [9.17, 15) is 14.0 Å². The van der Waals surface area contributed by atoms with Crippen LogP contribution < -0.4 is 4.90 Å². The Morgan fingerprint density at radius 3 is 2.45 bits per heavy atom. The van der Waals surface area contributed by atoms with Crippen LogP contribution in [0.5, 0.6) is 0 Å². The number of amides is 2. The lowest BCUT2D eigenvalue weighted by Gasteiger charge is -2.32. The van der Waals surface area contributed by atoms with Gasteiger partial charge in [-0.1, -0.05) is 22.9 Å². The summed E-state index contributed by atoms with van der Waals surface area (Å²) in [5, 5.41) is 4.03. The van der Waals surface area contributed by atoms with Crippen LogP contribution in [-0.4, -0.2) is 46.5 Å². The van der Waals surface area contributed by atoms with Gasteiger partial charge in [-0.15, -0.1) is 0 Å². The summed E-state index contributed by atoms with van der Waals surface area (Å²) < 4.78 is 18.6. The van der Waals surface area contributed by atoms with Gasteiger partial charge in [-0.25, -0.2) is 4.39 Å². The fourth-order valence-corrected chi connectivity index (χ4v) is 4.57. The van der Waals surface area contributed by atoms with E-state index in [1.807, 2.05) is 36.1 Å². The number of hydrogen-bond acceptors (Lipinski definition) is 5. The zero-order chi connectivity index (χ0) is 22.9. The average molecular weight is 448 g/mol. The van der Waals surface area contributed by atoms with Crippen molar-refractivity contribution in [3.63, 3.8) is 0 Å². The monoisotopic (exact) mass is 448 g/mol. The van der Waals surface area contributed by atoms with Crippen LogP contribution >= 0.6 is 0 Å². The molecule has 8 heteroatoms. The number of carbonyl (C=O) groups is 2. The molecule has 0 radical (unpaired) electrons. The quantitative estimate of drug-likeness (QED) is 0.604. The van der Waals surface area contributed by atoms with E-state index in [0.29, 0.717) is 36.9 Å². The van der Waals surface area contributed by atoms with Gasteiger partial charge in [-0.3, -0.25) is 9.59 Å². The van der Waals surface area contributed by atoms with Crippen LogP contribution in [0.15, 0.2) is 53.1 Å². The molecule has 0 spiro atoms. The van der Waals surface area contributed by atoms with E-state index in [1.165, 1.54) is 12.1 Å². The van der Waals surface area contributed by atoms with Gasteiger partial charge in [0.05, 0.1) is 5.92 Å². The van der Waals surface area contributed by atoms with Gasteiger partial charge in [0.15, 0.2) is 0 Å². The Labute approximate surface area is 191 Å². The van der Waals surface area contributed by atoms with E-state index in [4.69, 9.17) is 4.52 Å². The molecule has 2 aliphatic heterocycles. The number of nitrogens with zero attached hydrogens (tertiary/aromatic N) is 4. The lowest BCUT2D eigenvalue weighted by molar-refractivity contribution is -0.136. The molecular weight excluding hydrogens is 423 g/mol. The summed E-state index contributed by atoms with van der Waals surface area (Å²) >= 11 is 0. The third kappa shape index (κ3) is 4.37. The molecule has 0 unspecified atom stereocenters. The first kappa shape index (κ1) is 21.3. The number of hydrogen-bond donors (Lipinski definition) is 0. The fraction of sp³-hybridized carbons (Fsp3) is 0.360. The number of carbonyl (C=O) groups excluding carboxylic acids is 2. The smallest absolute Gasteiger partial charge is 0.230 e. The van der Waals surface area contributed by atoms with Crippen LogP contribution in [0, 0.1) is 18.7 Å². The summed E-state index contributed by atoms with van der Waals surface area (Å²) in [7, 11) is 0. The molecule has 2 aliphatic rings. The van der Waals surface area contributed by atoms with Gasteiger partial charge >= 0.3 is 0 Å². The first-order valence-corrected chi connectivity index (χ1v) is 11.2. The van der Waals surface area contributed by atoms with Crippen LogP contribution in [0.4, 0.5) is 10.1 Å². The topological polar surface area (TPSA) is 79.5 Å². The Kier molecular flexibility index (Phi) is 5.66. The standard InChI is InChI=1S/C25H25FN4O3/c1-16-2-8-21(9-3-16)30-15-19(14-22(30)31)25(32)29-12-10-18(11-13-29)24-27-23(28-33-24)17-4-6-20(26)7-5-17/h2-9,18-19H,10-15H2,1H3/t19-/m1/s1. The van der Waals surface area contributed by atoms with Crippen molar-refractivity contribution in [2.45, 2.75) is 32.1 Å². The number of rotatable bonds is 4. The lowest BCUT2D eigenvalue weighted by atomic mass is 9.95. The third-order valence-electron chi connectivity index (χ3n) is 6.52. The molecule has 0 saturated carbocycles. The van der Waals surface area contributed by atoms with Crippen LogP contribution in [0.3, 0.4) is 0 Å². The van der Waals surface area contributed by atoms with Gasteiger partial charge in [0.1, 0.15) is 5.82 Å². The maximum Gasteiger partial charge on any atom is 0.230 e. The van der Waals surface area contributed by atoms with Gasteiger partial charge in [0.25, 0.3) is 0 Å². The minimum Gasteiger partial charge on any atom is -0.342 e. The first-order chi connectivity index (χ1) is 16.0. The molecule has 2 amide bonds. The van der Waals surface area contributed by atoms with Gasteiger partial charge in [-0.05, 0) is 56.2 Å². The van der Waals surface area contributed by atoms with Crippen molar-refractivity contribution in [1.82, 2.24) is 15.0 Å². The summed E-state index contributed by atoms with van der Waals surface area (Å²) in [6, 6.07) is 13.8. The van der Waals surface area contributed by atoms with Gasteiger partial charge < -0.3 is 14.3 Å². The lowest BCUT2D eigenvalue weighted by Crippen LogP contribution is -2.42. The van der Waals surface area contributed by atoms with Crippen LogP contribution in [-0.2, 0) is 9.59 Å². The Morgan fingerprint density at radius 1 is 1.06 bits per heavy atom. The van der Waals surface area contributed by atoms with E-state index < -0.39 is 0 Å². The molecule has 5 rings (SSSR count). The highest BCUT2D eigenvalue weighted by Gasteiger charge is 2.38. The molecule has 2 saturated heterocycles. The highest BCUT2D eigenvalue weighted by atomic mass is 19.1. The Balaban J connectivity index is 1.18. The molecule has 7 nitrogen and oxygen atoms in total. The first-order valence-electron chi connectivity index (χ1n) is 11.2. The molecule has 1 atom stereocenters. The number of halogens is 1. The van der Waals surface area contributed by atoms with Gasteiger partial charge in [0.2, 0.25) is 23.5 Å². The van der Waals surface area contributed by atoms with E-state index in [-0.39, 0.29) is 35.9 Å². The molecule has 170 valence electrons. The molecule has 2 fully saturated rings. The highest BCUT2D eigenvalue weighted by molar-refractivity contribution is 6.00. The predicted molar refractivity (Wildman–Crippen MR) is 120 cm³/mol. The van der Waals surface area contributed by atoms with Crippen molar-refractivity contribution in [2.24, 2.45) is 5.92 Å². The summed E-state index contributed by atoms with van der Waals surface area (Å²) in [5.74, 6) is 0.451. The fourth-order valence-electron chi connectivity index (χ4n) is 4.57. The van der Waals surface area contributed by atoms with Crippen LogP contribution in [0.1, 0.15) is 36.6 Å². The Bertz CT molecular complexity index is 1150. The molecule has 0 aliphatic carbocycles. The molecule has 2 aromatic carbocycles. The van der Waals surface area contributed by atoms with Crippen molar-refractivity contribution in [3.05, 3.63) is 65.8 Å². The molecule has 0 bridgehead atoms. The molecule has 3 heterocycles. The predicted octanol–water partition coefficient (Wildman–Crippen LogP) is 3.94. The molecule has 33 heavy (non-hydrogen) atoms. The SMILES string of the molecule is Cc1ccc(N2C[C@H](C(=O)N3CCC(c4nc(-c5ccc(F)cc5)no4)CC3)CC2=O)cc1. The number of piperidine rings is 1. The van der Waals surface area contributed by atoms with E-state index in [2.05, 4.69) is 10.1 Å². The number of aryl methyl sites for hydroxylation is 1. The number of aromatic nitrogens is 2. The van der Waals surface area contributed by atoms with E-state index in [0.717, 1.165) is 24.1 Å². The second kappa shape index (κ2) is 8.77. The molecule has 3 aromatic rings. The van der Waals surface area contributed by atoms with Crippen molar-refractivity contribution in [3.8, 4) is 11.4 Å². The van der Waals surface area contributed by atoms with Crippen molar-refractivity contribution < 1.29 is 18.5 Å². The summed E-state index contributed by atoms with van der Waals surface area (Å²) in [6.45, 7) is 3.61. The Hall–Kier alpha value is -3.55. The molecular formula is C25H25FN4O3. The van der Waals surface area contributed by atoms with Crippen molar-refractivity contribution in [1.29, 1.82) is 0 Å². The van der Waals surface area contributed by atoms with E-state index >= 15 is 0 Å². The maximum atomic E-state index is 13.1. The number of benzene rings is 2. The number of likely N-dealkylation sites (tertiary alicyclic amines) is 1. The minimum absolute atomic E-state index is 0.00808. The molecule has 0 N–H and O–H groups in total. The van der Waals surface area contributed by atoms with Crippen molar-refractivity contribution in [2.75, 3.05) is 24.5 Å². The minimum atomic E-state index is -0.316. The van der Waals surface area contributed by atoms with E-state index in [1.54, 1.807) is 17.0 Å². The van der Waals surface area contributed by atoms with Gasteiger partial charge in [-0.2, -0.15) is 4.98 Å². The molecule has 1 aromatic heterocycles. The maximum absolute atomic E-state index is 13.1. The second-order valence-electron chi connectivity index (χ2n) is 8.80. The van der Waals surface area contributed by atoms with Gasteiger partial charge in [0, 0.05) is 43.2 Å². The number of anilines is 1. The van der Waals surface area contributed by atoms with Crippen LogP contribution in [0.25, 0.3) is 11.4 Å². The summed E-state index contributed by atoms with van der Waals surface area (Å²) in [5.41, 5.74) is 2.67. The highest BCUT2D eigenvalue weighted by Crippen LogP contribution is 2.31. The van der Waals surface area contributed by atoms with Crippen molar-refractivity contribution >= 4 is 17.5 Å².